The van der Waals surface area contributed by atoms with Crippen molar-refractivity contribution in [3.63, 3.8) is 0 Å². The minimum atomic E-state index is -0.286. The Kier molecular flexibility index (Phi) is 8.07. The number of aromatic nitrogens is 1. The lowest BCUT2D eigenvalue weighted by atomic mass is 9.88. The van der Waals surface area contributed by atoms with Gasteiger partial charge in [0.15, 0.2) is 0 Å². The Labute approximate surface area is 353 Å². The number of para-hydroxylation sites is 3. The summed E-state index contributed by atoms with van der Waals surface area (Å²) in [7, 11) is 0. The van der Waals surface area contributed by atoms with Gasteiger partial charge in [0.25, 0.3) is 0 Å². The van der Waals surface area contributed by atoms with Gasteiger partial charge in [-0.2, -0.15) is 0 Å². The number of hydrogen-bond acceptors (Lipinski definition) is 1. The molecule has 61 heavy (non-hydrogen) atoms. The molecule has 0 saturated carbocycles. The molecule has 0 N–H and O–H groups in total. The van der Waals surface area contributed by atoms with Gasteiger partial charge in [0.1, 0.15) is 5.82 Å². The van der Waals surface area contributed by atoms with Gasteiger partial charge in [-0.1, -0.05) is 158 Å². The van der Waals surface area contributed by atoms with E-state index in [0.717, 1.165) is 50.4 Å². The highest BCUT2D eigenvalue weighted by Gasteiger charge is 2.21. The fourth-order valence-electron chi connectivity index (χ4n) is 9.62. The molecule has 0 saturated heterocycles. The molecule has 12 rings (SSSR count). The first kappa shape index (κ1) is 35.0. The maximum atomic E-state index is 16.0. The largest absolute Gasteiger partial charge is 0.309 e. The molecule has 3 heteroatoms. The van der Waals surface area contributed by atoms with Crippen molar-refractivity contribution in [3.8, 4) is 39.1 Å². The molecule has 0 aliphatic heterocycles. The van der Waals surface area contributed by atoms with Crippen molar-refractivity contribution >= 4 is 71.2 Å². The van der Waals surface area contributed by atoms with Crippen molar-refractivity contribution in [1.82, 2.24) is 4.57 Å². The number of hydrogen-bond donors (Lipinski definition) is 0. The predicted molar refractivity (Wildman–Crippen MR) is 255 cm³/mol. The molecule has 0 fully saturated rings. The summed E-state index contributed by atoms with van der Waals surface area (Å²) >= 11 is 0. The summed E-state index contributed by atoms with van der Waals surface area (Å²) in [4.78, 5) is 2.04. The van der Waals surface area contributed by atoms with Gasteiger partial charge in [-0.3, -0.25) is 0 Å². The minimum Gasteiger partial charge on any atom is -0.309 e. The topological polar surface area (TPSA) is 8.17 Å². The zero-order valence-electron chi connectivity index (χ0n) is 33.1. The van der Waals surface area contributed by atoms with E-state index >= 15 is 4.39 Å². The quantitative estimate of drug-likeness (QED) is 0.146. The highest BCUT2D eigenvalue weighted by atomic mass is 19.1. The molecule has 0 atom stereocenters. The lowest BCUT2D eigenvalue weighted by molar-refractivity contribution is 0.629. The molecule has 11 aromatic carbocycles. The number of halogens is 1. The summed E-state index contributed by atoms with van der Waals surface area (Å²) in [5.41, 5.74) is 12.4. The monoisotopic (exact) mass is 780 g/mol. The highest BCUT2D eigenvalue weighted by molar-refractivity contribution is 6.34. The van der Waals surface area contributed by atoms with E-state index in [1.54, 1.807) is 6.07 Å². The standard InChI is InChI=1S/C58H37FN2/c59-52-21-11-13-23-54(52)60(47-35-43(38-14-4-1-5-15-38)34-44(36-47)39-16-6-2-7-17-39)46-29-24-40(25-30-46)48-31-26-41-27-33-51-57-42(28-32-49(48)56(41)57)37-55-58(51)50-20-10-12-22-53(50)61(55)45-18-8-3-9-19-45/h1-37H. The summed E-state index contributed by atoms with van der Waals surface area (Å²) in [5.74, 6) is -0.286. The zero-order chi connectivity index (χ0) is 40.4. The van der Waals surface area contributed by atoms with E-state index in [1.165, 1.54) is 60.2 Å². The van der Waals surface area contributed by atoms with E-state index in [2.05, 4.69) is 193 Å². The van der Waals surface area contributed by atoms with E-state index in [1.807, 2.05) is 29.2 Å². The summed E-state index contributed by atoms with van der Waals surface area (Å²) in [6.45, 7) is 0. The van der Waals surface area contributed by atoms with Gasteiger partial charge in [0.05, 0.1) is 16.7 Å². The fraction of sp³-hybridized carbons (Fsp3) is 0. The van der Waals surface area contributed by atoms with Crippen LogP contribution < -0.4 is 4.90 Å². The Morgan fingerprint density at radius 2 is 0.934 bits per heavy atom. The Morgan fingerprint density at radius 1 is 0.344 bits per heavy atom. The van der Waals surface area contributed by atoms with Crippen LogP contribution in [0, 0.1) is 5.82 Å². The van der Waals surface area contributed by atoms with Crippen LogP contribution in [0.2, 0.25) is 0 Å². The molecule has 12 aromatic rings. The molecule has 0 spiro atoms. The number of benzene rings is 11. The predicted octanol–water partition coefficient (Wildman–Crippen LogP) is 16.3. The molecule has 0 unspecified atom stereocenters. The lowest BCUT2D eigenvalue weighted by Crippen LogP contribution is -2.12. The minimum absolute atomic E-state index is 0.286. The van der Waals surface area contributed by atoms with E-state index < -0.39 is 0 Å². The molecule has 0 aliphatic rings. The molecule has 0 bridgehead atoms. The lowest BCUT2D eigenvalue weighted by Gasteiger charge is -2.27. The Hall–Kier alpha value is -8.01. The summed E-state index contributed by atoms with van der Waals surface area (Å²) in [6, 6.07) is 78.5. The van der Waals surface area contributed by atoms with E-state index in [-0.39, 0.29) is 5.82 Å². The maximum Gasteiger partial charge on any atom is 0.147 e. The molecule has 286 valence electrons. The molecule has 2 nitrogen and oxygen atoms in total. The van der Waals surface area contributed by atoms with E-state index in [9.17, 15) is 0 Å². The third kappa shape index (κ3) is 5.70. The SMILES string of the molecule is Fc1ccccc1N(c1ccc(-c2ccc3ccc4c5c(ccc2c35)cc2c4c3ccccc3n2-c2ccccc2)cc1)c1cc(-c2ccccc2)cc(-c2ccccc2)c1. The van der Waals surface area contributed by atoms with Crippen LogP contribution in [0.1, 0.15) is 0 Å². The van der Waals surface area contributed by atoms with Gasteiger partial charge in [-0.25, -0.2) is 4.39 Å². The average Bonchev–Trinajstić information content (AvgIpc) is 3.66. The second-order valence-corrected chi connectivity index (χ2v) is 15.8. The van der Waals surface area contributed by atoms with Crippen LogP contribution in [0.15, 0.2) is 224 Å². The van der Waals surface area contributed by atoms with Crippen molar-refractivity contribution in [2.24, 2.45) is 0 Å². The van der Waals surface area contributed by atoms with Crippen LogP contribution in [-0.4, -0.2) is 4.57 Å². The van der Waals surface area contributed by atoms with Crippen LogP contribution in [-0.2, 0) is 0 Å². The van der Waals surface area contributed by atoms with Gasteiger partial charge >= 0.3 is 0 Å². The third-order valence-corrected chi connectivity index (χ3v) is 12.4. The Morgan fingerprint density at radius 3 is 1.66 bits per heavy atom. The van der Waals surface area contributed by atoms with Crippen LogP contribution >= 0.6 is 0 Å². The second kappa shape index (κ2) is 14.1. The normalized spacial score (nSPS) is 11.7. The molecular weight excluding hydrogens is 744 g/mol. The first-order valence-electron chi connectivity index (χ1n) is 20.8. The summed E-state index contributed by atoms with van der Waals surface area (Å²) in [6.07, 6.45) is 0. The third-order valence-electron chi connectivity index (χ3n) is 12.4. The fourth-order valence-corrected chi connectivity index (χ4v) is 9.62. The Balaban J connectivity index is 1.02. The van der Waals surface area contributed by atoms with Crippen LogP contribution in [0.5, 0.6) is 0 Å². The van der Waals surface area contributed by atoms with Gasteiger partial charge in [0.2, 0.25) is 0 Å². The summed E-state index contributed by atoms with van der Waals surface area (Å²) < 4.78 is 18.4. The number of anilines is 3. The van der Waals surface area contributed by atoms with Gasteiger partial charge in [0, 0.05) is 27.8 Å². The number of nitrogens with zero attached hydrogens (tertiary/aromatic N) is 2. The van der Waals surface area contributed by atoms with Gasteiger partial charge in [-0.05, 0) is 132 Å². The maximum absolute atomic E-state index is 16.0. The molecular formula is C58H37FN2. The first-order valence-corrected chi connectivity index (χ1v) is 20.8. The first-order chi connectivity index (χ1) is 30.2. The molecule has 0 aliphatic carbocycles. The van der Waals surface area contributed by atoms with Gasteiger partial charge < -0.3 is 9.47 Å². The van der Waals surface area contributed by atoms with Gasteiger partial charge in [-0.15, -0.1) is 0 Å². The molecule has 0 radical (unpaired) electrons. The van der Waals surface area contributed by atoms with Crippen molar-refractivity contribution in [2.45, 2.75) is 0 Å². The second-order valence-electron chi connectivity index (χ2n) is 15.8. The molecule has 1 aromatic heterocycles. The van der Waals surface area contributed by atoms with Crippen molar-refractivity contribution in [3.05, 3.63) is 230 Å². The Bertz CT molecular complexity index is 3520. The van der Waals surface area contributed by atoms with Crippen LogP contribution in [0.3, 0.4) is 0 Å². The van der Waals surface area contributed by atoms with Crippen molar-refractivity contribution < 1.29 is 4.39 Å². The van der Waals surface area contributed by atoms with Crippen molar-refractivity contribution in [2.75, 3.05) is 4.90 Å². The smallest absolute Gasteiger partial charge is 0.147 e. The number of fused-ring (bicyclic) bond motifs is 4. The highest BCUT2D eigenvalue weighted by Crippen LogP contribution is 2.46. The van der Waals surface area contributed by atoms with Crippen LogP contribution in [0.25, 0.3) is 93.2 Å². The zero-order valence-corrected chi connectivity index (χ0v) is 33.1. The molecule has 1 heterocycles. The summed E-state index contributed by atoms with van der Waals surface area (Å²) in [5, 5.41) is 10.00. The molecule has 0 amide bonds. The van der Waals surface area contributed by atoms with Crippen LogP contribution in [0.4, 0.5) is 21.5 Å². The van der Waals surface area contributed by atoms with E-state index in [0.29, 0.717) is 5.69 Å². The average molecular weight is 781 g/mol. The van der Waals surface area contributed by atoms with Crippen molar-refractivity contribution in [1.29, 1.82) is 0 Å². The van der Waals surface area contributed by atoms with E-state index in [4.69, 9.17) is 0 Å². The number of rotatable bonds is 7.